The summed E-state index contributed by atoms with van der Waals surface area (Å²) < 4.78 is 0.520. The van der Waals surface area contributed by atoms with Crippen molar-refractivity contribution in [3.63, 3.8) is 0 Å². The van der Waals surface area contributed by atoms with Crippen LogP contribution in [-0.2, 0) is 4.79 Å². The summed E-state index contributed by atoms with van der Waals surface area (Å²) in [7, 11) is 0. The zero-order chi connectivity index (χ0) is 15.5. The van der Waals surface area contributed by atoms with Crippen LogP contribution in [0.15, 0.2) is 59.5 Å². The summed E-state index contributed by atoms with van der Waals surface area (Å²) in [5.74, 6) is -0.124. The van der Waals surface area contributed by atoms with Crippen molar-refractivity contribution in [3.05, 3.63) is 70.6 Å². The van der Waals surface area contributed by atoms with Crippen molar-refractivity contribution in [3.8, 4) is 0 Å². The smallest absolute Gasteiger partial charge is 0.270 e. The number of benzene rings is 2. The molecule has 1 heterocycles. The summed E-state index contributed by atoms with van der Waals surface area (Å²) in [4.78, 5) is 25.3. The number of anilines is 1. The van der Waals surface area contributed by atoms with Crippen LogP contribution in [0, 0.1) is 0 Å². The van der Waals surface area contributed by atoms with Gasteiger partial charge in [0.15, 0.2) is 4.32 Å². The first-order valence-electron chi connectivity index (χ1n) is 6.57. The summed E-state index contributed by atoms with van der Waals surface area (Å²) in [5.41, 5.74) is 2.23. The molecule has 0 atom stereocenters. The average molecular weight is 325 g/mol. The van der Waals surface area contributed by atoms with Gasteiger partial charge in [0.05, 0.1) is 10.6 Å². The van der Waals surface area contributed by atoms with Crippen LogP contribution in [0.1, 0.15) is 15.9 Å². The van der Waals surface area contributed by atoms with Gasteiger partial charge in [0.25, 0.3) is 5.91 Å². The molecular formula is C17H11NO2S2. The van der Waals surface area contributed by atoms with Crippen molar-refractivity contribution in [2.24, 2.45) is 0 Å². The lowest BCUT2D eigenvalue weighted by Crippen LogP contribution is -2.27. The van der Waals surface area contributed by atoms with Crippen molar-refractivity contribution in [1.82, 2.24) is 0 Å². The first-order valence-corrected chi connectivity index (χ1v) is 7.80. The topological polar surface area (TPSA) is 37.4 Å². The van der Waals surface area contributed by atoms with Gasteiger partial charge in [-0.05, 0) is 23.8 Å². The normalized spacial score (nSPS) is 16.4. The van der Waals surface area contributed by atoms with Gasteiger partial charge >= 0.3 is 0 Å². The van der Waals surface area contributed by atoms with Crippen molar-refractivity contribution >= 4 is 52.3 Å². The summed E-state index contributed by atoms with van der Waals surface area (Å²) in [6.07, 6.45) is 2.58. The van der Waals surface area contributed by atoms with Crippen LogP contribution < -0.4 is 4.90 Å². The van der Waals surface area contributed by atoms with E-state index in [1.807, 2.05) is 30.3 Å². The van der Waals surface area contributed by atoms with E-state index in [1.165, 1.54) is 16.7 Å². The number of carbonyl (C=O) groups excluding carboxylic acids is 2. The molecule has 2 aromatic carbocycles. The lowest BCUT2D eigenvalue weighted by atomic mass is 10.1. The van der Waals surface area contributed by atoms with Crippen LogP contribution in [-0.4, -0.2) is 16.5 Å². The molecule has 0 aliphatic carbocycles. The minimum atomic E-state index is -0.124. The number of nitrogens with zero attached hydrogens (tertiary/aromatic N) is 1. The number of thioether (sulfide) groups is 1. The van der Waals surface area contributed by atoms with E-state index in [4.69, 9.17) is 12.2 Å². The molecule has 1 aliphatic rings. The summed E-state index contributed by atoms with van der Waals surface area (Å²) in [6.45, 7) is 0. The van der Waals surface area contributed by atoms with E-state index in [0.717, 1.165) is 17.5 Å². The van der Waals surface area contributed by atoms with E-state index in [2.05, 4.69) is 0 Å². The van der Waals surface area contributed by atoms with Gasteiger partial charge in [0.2, 0.25) is 0 Å². The largest absolute Gasteiger partial charge is 0.298 e. The van der Waals surface area contributed by atoms with Crippen LogP contribution in [0.25, 0.3) is 6.08 Å². The molecule has 1 aliphatic heterocycles. The summed E-state index contributed by atoms with van der Waals surface area (Å²) >= 11 is 6.59. The number of rotatable bonds is 3. The van der Waals surface area contributed by atoms with Gasteiger partial charge in [-0.1, -0.05) is 66.4 Å². The molecule has 0 saturated carbocycles. The monoisotopic (exact) mass is 325 g/mol. The molecule has 0 spiro atoms. The molecule has 0 aromatic heterocycles. The van der Waals surface area contributed by atoms with Crippen LogP contribution in [0.2, 0.25) is 0 Å². The highest BCUT2D eigenvalue weighted by molar-refractivity contribution is 8.27. The molecule has 108 valence electrons. The first-order chi connectivity index (χ1) is 10.7. The minimum Gasteiger partial charge on any atom is -0.298 e. The van der Waals surface area contributed by atoms with Crippen molar-refractivity contribution in [2.45, 2.75) is 0 Å². The SMILES string of the molecule is O=Cc1ccc(/C=C2\SC(=S)N(c3ccccc3)C2=O)cc1. The molecule has 3 rings (SSSR count). The Bertz CT molecular complexity index is 767. The van der Waals surface area contributed by atoms with Crippen molar-refractivity contribution < 1.29 is 9.59 Å². The quantitative estimate of drug-likeness (QED) is 0.487. The van der Waals surface area contributed by atoms with Crippen LogP contribution in [0.5, 0.6) is 0 Å². The molecule has 22 heavy (non-hydrogen) atoms. The Morgan fingerprint density at radius 2 is 1.59 bits per heavy atom. The average Bonchev–Trinajstić information content (AvgIpc) is 2.83. The molecule has 0 radical (unpaired) electrons. The Morgan fingerprint density at radius 1 is 0.955 bits per heavy atom. The number of hydrogen-bond acceptors (Lipinski definition) is 4. The maximum absolute atomic E-state index is 12.5. The lowest BCUT2D eigenvalue weighted by Gasteiger charge is -2.13. The fourth-order valence-corrected chi connectivity index (χ4v) is 3.39. The van der Waals surface area contributed by atoms with E-state index in [9.17, 15) is 9.59 Å². The second-order valence-corrected chi connectivity index (χ2v) is 6.31. The zero-order valence-corrected chi connectivity index (χ0v) is 13.1. The fourth-order valence-electron chi connectivity index (χ4n) is 2.09. The first kappa shape index (κ1) is 14.7. The van der Waals surface area contributed by atoms with E-state index in [1.54, 1.807) is 30.3 Å². The Morgan fingerprint density at radius 3 is 2.23 bits per heavy atom. The van der Waals surface area contributed by atoms with Crippen molar-refractivity contribution in [1.29, 1.82) is 0 Å². The number of carbonyl (C=O) groups is 2. The summed E-state index contributed by atoms with van der Waals surface area (Å²) in [5, 5.41) is 0. The minimum absolute atomic E-state index is 0.124. The molecule has 1 amide bonds. The molecule has 0 unspecified atom stereocenters. The molecule has 0 bridgehead atoms. The van der Waals surface area contributed by atoms with Gasteiger partial charge in [0.1, 0.15) is 6.29 Å². The van der Waals surface area contributed by atoms with Crippen LogP contribution >= 0.6 is 24.0 Å². The summed E-state index contributed by atoms with van der Waals surface area (Å²) in [6, 6.07) is 16.4. The number of aldehydes is 1. The van der Waals surface area contributed by atoms with E-state index in [-0.39, 0.29) is 5.91 Å². The Kier molecular flexibility index (Phi) is 4.18. The molecular weight excluding hydrogens is 314 g/mol. The molecule has 3 nitrogen and oxygen atoms in total. The van der Waals surface area contributed by atoms with Gasteiger partial charge in [0, 0.05) is 5.56 Å². The number of para-hydroxylation sites is 1. The second-order valence-electron chi connectivity index (χ2n) is 4.64. The molecule has 1 fully saturated rings. The third-order valence-corrected chi connectivity index (χ3v) is 4.48. The fraction of sp³-hybridized carbons (Fsp3) is 0. The van der Waals surface area contributed by atoms with Gasteiger partial charge in [-0.2, -0.15) is 0 Å². The van der Waals surface area contributed by atoms with Crippen molar-refractivity contribution in [2.75, 3.05) is 4.90 Å². The Hall–Kier alpha value is -2.24. The van der Waals surface area contributed by atoms with Gasteiger partial charge in [-0.3, -0.25) is 14.5 Å². The van der Waals surface area contributed by atoms with Crippen LogP contribution in [0.3, 0.4) is 0 Å². The highest BCUT2D eigenvalue weighted by Crippen LogP contribution is 2.35. The molecule has 5 heteroatoms. The standard InChI is InChI=1S/C17H11NO2S2/c19-11-13-8-6-12(7-9-13)10-15-16(20)18(17(21)22-15)14-4-2-1-3-5-14/h1-11H/b15-10-. The molecule has 0 N–H and O–H groups in total. The lowest BCUT2D eigenvalue weighted by molar-refractivity contribution is -0.113. The highest BCUT2D eigenvalue weighted by atomic mass is 32.2. The van der Waals surface area contributed by atoms with E-state index in [0.29, 0.717) is 14.8 Å². The number of thiocarbonyl (C=S) groups is 1. The number of hydrogen-bond donors (Lipinski definition) is 0. The second kappa shape index (κ2) is 6.25. The number of amides is 1. The van der Waals surface area contributed by atoms with Gasteiger partial charge in [-0.15, -0.1) is 0 Å². The maximum atomic E-state index is 12.5. The van der Waals surface area contributed by atoms with Gasteiger partial charge in [-0.25, -0.2) is 0 Å². The third-order valence-electron chi connectivity index (χ3n) is 3.18. The maximum Gasteiger partial charge on any atom is 0.270 e. The van der Waals surface area contributed by atoms with Gasteiger partial charge < -0.3 is 0 Å². The third kappa shape index (κ3) is 2.86. The predicted molar refractivity (Wildman–Crippen MR) is 93.9 cm³/mol. The molecule has 2 aromatic rings. The van der Waals surface area contributed by atoms with E-state index < -0.39 is 0 Å². The Balaban J connectivity index is 1.90. The zero-order valence-electron chi connectivity index (χ0n) is 11.4. The van der Waals surface area contributed by atoms with E-state index >= 15 is 0 Å². The highest BCUT2D eigenvalue weighted by Gasteiger charge is 2.33. The molecule has 1 saturated heterocycles. The van der Waals surface area contributed by atoms with Crippen LogP contribution in [0.4, 0.5) is 5.69 Å². The predicted octanol–water partition coefficient (Wildman–Crippen LogP) is 3.90. The Labute approximate surface area is 137 Å².